The number of benzene rings is 1. The molecule has 1 aliphatic carbocycles. The number of halogens is 1. The number of carbonyl (C=O) groups excluding carboxylic acids is 2. The Labute approximate surface area is 265 Å². The average Bonchev–Trinajstić information content (AvgIpc) is 3.76. The van der Waals surface area contributed by atoms with E-state index in [0.29, 0.717) is 43.9 Å². The predicted molar refractivity (Wildman–Crippen MR) is 174 cm³/mol. The Morgan fingerprint density at radius 3 is 2.60 bits per heavy atom. The summed E-state index contributed by atoms with van der Waals surface area (Å²) in [6.45, 7) is 3.90. The van der Waals surface area contributed by atoms with Crippen LogP contribution < -0.4 is 20.7 Å². The van der Waals surface area contributed by atoms with Crippen LogP contribution in [-0.2, 0) is 20.9 Å². The highest BCUT2D eigenvalue weighted by Gasteiger charge is 2.56. The number of anilines is 1. The van der Waals surface area contributed by atoms with Gasteiger partial charge in [0.05, 0.1) is 27.4 Å². The fourth-order valence-electron chi connectivity index (χ4n) is 4.65. The van der Waals surface area contributed by atoms with Crippen LogP contribution >= 0.6 is 11.3 Å². The maximum atomic E-state index is 15.4. The van der Waals surface area contributed by atoms with Crippen molar-refractivity contribution in [3.8, 4) is 16.3 Å². The molecule has 11 heteroatoms. The van der Waals surface area contributed by atoms with E-state index in [0.717, 1.165) is 32.9 Å². The van der Waals surface area contributed by atoms with Crippen LogP contribution in [-0.4, -0.2) is 48.6 Å². The van der Waals surface area contributed by atoms with Gasteiger partial charge in [0.2, 0.25) is 11.8 Å². The smallest absolute Gasteiger partial charge is 0.240 e. The molecule has 5 rings (SSSR count). The molecule has 234 valence electrons. The first kappa shape index (κ1) is 32.0. The van der Waals surface area contributed by atoms with E-state index in [1.54, 1.807) is 49.7 Å². The van der Waals surface area contributed by atoms with Gasteiger partial charge in [-0.3, -0.25) is 19.6 Å². The van der Waals surface area contributed by atoms with Crippen molar-refractivity contribution in [3.05, 3.63) is 96.3 Å². The summed E-state index contributed by atoms with van der Waals surface area (Å²) in [4.78, 5) is 35.7. The highest BCUT2D eigenvalue weighted by molar-refractivity contribution is 7.22. The molecule has 9 nitrogen and oxygen atoms in total. The number of thiophene rings is 1. The van der Waals surface area contributed by atoms with Crippen molar-refractivity contribution in [2.75, 3.05) is 32.1 Å². The fraction of sp³-hybridized carbons (Fsp3) is 0.294. The Hall–Kier alpha value is -4.45. The molecule has 3 aromatic heterocycles. The zero-order valence-corrected chi connectivity index (χ0v) is 26.1. The second kappa shape index (κ2) is 15.0. The highest BCUT2D eigenvalue weighted by atomic mass is 32.1. The molecule has 0 unspecified atom stereocenters. The van der Waals surface area contributed by atoms with Crippen molar-refractivity contribution in [2.45, 2.75) is 32.7 Å². The molecule has 0 atom stereocenters. The number of nitrogens with one attached hydrogen (secondary N) is 3. The molecule has 0 spiro atoms. The molecule has 3 N–H and O–H groups in total. The summed E-state index contributed by atoms with van der Waals surface area (Å²) in [5.74, 6) is -0.886. The standard InChI is InChI=1S/C34H36FN5O4S/c1-3-7-28(25(35)12-16-38-32(41)34(14-15-34)33(42)40-24-8-5-4-6-9-24)44-29-13-17-37-27-20-30(45-31(27)29)26-11-10-23(22-39-26)21-36-18-19-43-2/h4-13,17,20,22,36H,3,14-16,18-19,21H2,1-2H3,(H,38,41)(H,40,42)/b25-12+,28-7+. The highest BCUT2D eigenvalue weighted by Crippen LogP contribution is 2.47. The Morgan fingerprint density at radius 1 is 1.07 bits per heavy atom. The Kier molecular flexibility index (Phi) is 10.7. The maximum absolute atomic E-state index is 15.4. The van der Waals surface area contributed by atoms with E-state index in [1.165, 1.54) is 17.4 Å². The number of hydrogen-bond donors (Lipinski definition) is 3. The number of methoxy groups -OCH3 is 1. The van der Waals surface area contributed by atoms with Crippen molar-refractivity contribution in [2.24, 2.45) is 5.41 Å². The van der Waals surface area contributed by atoms with Crippen LogP contribution in [0, 0.1) is 5.41 Å². The minimum Gasteiger partial charge on any atom is -0.453 e. The van der Waals surface area contributed by atoms with E-state index >= 15 is 4.39 Å². The molecule has 1 fully saturated rings. The quantitative estimate of drug-likeness (QED) is 0.0625. The van der Waals surface area contributed by atoms with Gasteiger partial charge in [0.15, 0.2) is 11.6 Å². The minimum atomic E-state index is -1.13. The van der Waals surface area contributed by atoms with Gasteiger partial charge in [0.25, 0.3) is 0 Å². The first-order valence-corrected chi connectivity index (χ1v) is 15.7. The van der Waals surface area contributed by atoms with Gasteiger partial charge < -0.3 is 25.4 Å². The predicted octanol–water partition coefficient (Wildman–Crippen LogP) is 6.16. The lowest BCUT2D eigenvalue weighted by atomic mass is 10.1. The monoisotopic (exact) mass is 629 g/mol. The van der Waals surface area contributed by atoms with Gasteiger partial charge in [-0.1, -0.05) is 31.2 Å². The van der Waals surface area contributed by atoms with Crippen LogP contribution in [0.5, 0.6) is 5.75 Å². The first-order valence-electron chi connectivity index (χ1n) is 14.9. The van der Waals surface area contributed by atoms with Gasteiger partial charge in [-0.15, -0.1) is 11.3 Å². The van der Waals surface area contributed by atoms with Crippen LogP contribution in [0.4, 0.5) is 10.1 Å². The lowest BCUT2D eigenvalue weighted by molar-refractivity contribution is -0.134. The Bertz CT molecular complexity index is 1680. The van der Waals surface area contributed by atoms with Crippen LogP contribution in [0.1, 0.15) is 31.7 Å². The Balaban J connectivity index is 1.22. The Morgan fingerprint density at radius 2 is 1.89 bits per heavy atom. The topological polar surface area (TPSA) is 114 Å². The summed E-state index contributed by atoms with van der Waals surface area (Å²) in [5, 5.41) is 8.79. The van der Waals surface area contributed by atoms with Gasteiger partial charge in [-0.05, 0) is 61.2 Å². The number of hydrogen-bond acceptors (Lipinski definition) is 8. The normalized spacial score (nSPS) is 14.3. The third-order valence-corrected chi connectivity index (χ3v) is 8.47. The average molecular weight is 630 g/mol. The second-order valence-electron chi connectivity index (χ2n) is 10.6. The van der Waals surface area contributed by atoms with Gasteiger partial charge in [-0.25, -0.2) is 4.39 Å². The third kappa shape index (κ3) is 7.99. The van der Waals surface area contributed by atoms with Crippen molar-refractivity contribution in [1.82, 2.24) is 20.6 Å². The molecule has 0 radical (unpaired) electrons. The van der Waals surface area contributed by atoms with Gasteiger partial charge >= 0.3 is 0 Å². The number of ether oxygens (including phenoxy) is 2. The fourth-order valence-corrected chi connectivity index (χ4v) is 5.69. The summed E-state index contributed by atoms with van der Waals surface area (Å²) in [5.41, 5.74) is 2.08. The van der Waals surface area contributed by atoms with Crippen LogP contribution in [0.25, 0.3) is 20.8 Å². The number of allylic oxidation sites excluding steroid dienone is 2. The van der Waals surface area contributed by atoms with E-state index in [9.17, 15) is 9.59 Å². The molecule has 1 aliphatic rings. The van der Waals surface area contributed by atoms with E-state index in [2.05, 4.69) is 25.9 Å². The number of pyridine rings is 2. The molecule has 1 saturated carbocycles. The van der Waals surface area contributed by atoms with E-state index in [-0.39, 0.29) is 18.2 Å². The van der Waals surface area contributed by atoms with Crippen LogP contribution in [0.2, 0.25) is 0 Å². The number of nitrogens with zero attached hydrogens (tertiary/aromatic N) is 2. The molecule has 0 aliphatic heterocycles. The van der Waals surface area contributed by atoms with Crippen molar-refractivity contribution >= 4 is 39.1 Å². The number of para-hydroxylation sites is 1. The number of amides is 2. The third-order valence-electron chi connectivity index (χ3n) is 7.30. The van der Waals surface area contributed by atoms with Crippen molar-refractivity contribution in [3.63, 3.8) is 0 Å². The number of carbonyl (C=O) groups is 2. The van der Waals surface area contributed by atoms with Crippen LogP contribution in [0.3, 0.4) is 0 Å². The minimum absolute atomic E-state index is 0.0422. The summed E-state index contributed by atoms with van der Waals surface area (Å²) in [7, 11) is 1.67. The molecule has 3 heterocycles. The zero-order chi connectivity index (χ0) is 31.6. The number of rotatable bonds is 15. The van der Waals surface area contributed by atoms with Gasteiger partial charge in [-0.2, -0.15) is 0 Å². The lowest BCUT2D eigenvalue weighted by Crippen LogP contribution is -2.40. The summed E-state index contributed by atoms with van der Waals surface area (Å²) >= 11 is 1.47. The number of aromatic nitrogens is 2. The zero-order valence-electron chi connectivity index (χ0n) is 25.3. The SMILES string of the molecule is CC/C=C(Oc1ccnc2cc(-c3ccc(CNCCOC)cn3)sc12)\C(F)=C/CNC(=O)C1(C(=O)Nc2ccccc2)CC1. The molecule has 45 heavy (non-hydrogen) atoms. The van der Waals surface area contributed by atoms with Crippen molar-refractivity contribution in [1.29, 1.82) is 0 Å². The van der Waals surface area contributed by atoms with Gasteiger partial charge in [0, 0.05) is 50.9 Å². The molecule has 2 amide bonds. The van der Waals surface area contributed by atoms with Crippen molar-refractivity contribution < 1.29 is 23.5 Å². The lowest BCUT2D eigenvalue weighted by Gasteiger charge is -2.15. The first-order chi connectivity index (χ1) is 21.9. The molecular formula is C34H36FN5O4S. The summed E-state index contributed by atoms with van der Waals surface area (Å²) in [6, 6.07) is 16.6. The maximum Gasteiger partial charge on any atom is 0.240 e. The largest absolute Gasteiger partial charge is 0.453 e. The van der Waals surface area contributed by atoms with E-state index in [4.69, 9.17) is 9.47 Å². The van der Waals surface area contributed by atoms with Crippen LogP contribution in [0.15, 0.2) is 90.7 Å². The molecule has 4 aromatic rings. The summed E-state index contributed by atoms with van der Waals surface area (Å²) in [6.07, 6.45) is 7.78. The molecule has 1 aromatic carbocycles. The van der Waals surface area contributed by atoms with E-state index in [1.807, 2.05) is 37.4 Å². The molecule has 0 bridgehead atoms. The molecule has 0 saturated heterocycles. The summed E-state index contributed by atoms with van der Waals surface area (Å²) < 4.78 is 27.3. The molecular weight excluding hydrogens is 593 g/mol. The van der Waals surface area contributed by atoms with Gasteiger partial charge in [0.1, 0.15) is 11.2 Å². The number of fused-ring (bicyclic) bond motifs is 1. The second-order valence-corrected chi connectivity index (χ2v) is 11.7. The van der Waals surface area contributed by atoms with E-state index < -0.39 is 17.1 Å².